The van der Waals surface area contributed by atoms with Crippen LogP contribution in [0.25, 0.3) is 0 Å². The lowest BCUT2D eigenvalue weighted by molar-refractivity contribution is -0.137. The highest BCUT2D eigenvalue weighted by molar-refractivity contribution is 14.0. The maximum atomic E-state index is 12.7. The van der Waals surface area contributed by atoms with E-state index in [-0.39, 0.29) is 30.5 Å². The maximum Gasteiger partial charge on any atom is 0.416 e. The molecule has 0 fully saturated rings. The van der Waals surface area contributed by atoms with Gasteiger partial charge in [0, 0.05) is 17.6 Å². The highest BCUT2D eigenvalue weighted by Gasteiger charge is 2.30. The van der Waals surface area contributed by atoms with Gasteiger partial charge in [-0.3, -0.25) is 0 Å². The third-order valence-electron chi connectivity index (χ3n) is 3.09. The summed E-state index contributed by atoms with van der Waals surface area (Å²) in [6, 6.07) is 5.21. The summed E-state index contributed by atoms with van der Waals surface area (Å²) in [4.78, 5) is 9.71. The molecule has 138 valence electrons. The van der Waals surface area contributed by atoms with Crippen molar-refractivity contribution >= 4 is 41.3 Å². The Labute approximate surface area is 166 Å². The number of alkyl halides is 3. The molecule has 0 radical (unpaired) electrons. The average molecular weight is 484 g/mol. The Hall–Kier alpha value is -1.36. The van der Waals surface area contributed by atoms with Crippen LogP contribution >= 0.6 is 35.3 Å². The van der Waals surface area contributed by atoms with E-state index in [2.05, 4.69) is 20.6 Å². The van der Waals surface area contributed by atoms with Crippen LogP contribution in [0.15, 0.2) is 35.5 Å². The van der Waals surface area contributed by atoms with Gasteiger partial charge in [-0.15, -0.1) is 35.3 Å². The van der Waals surface area contributed by atoms with Crippen molar-refractivity contribution in [1.29, 1.82) is 0 Å². The van der Waals surface area contributed by atoms with Gasteiger partial charge in [-0.05, 0) is 31.5 Å². The van der Waals surface area contributed by atoms with Gasteiger partial charge in [0.15, 0.2) is 5.96 Å². The standard InChI is InChI=1S/C16H19F3N4S.HI/c1-3-20-15(23-10-14-21-8-11(2)24-14)22-9-12-5-4-6-13(7-12)16(17,18)19;/h4-8H,3,9-10H2,1-2H3,(H2,20,22,23);1H. The third-order valence-corrected chi connectivity index (χ3v) is 4.01. The molecule has 0 atom stereocenters. The van der Waals surface area contributed by atoms with Crippen LogP contribution in [-0.4, -0.2) is 17.5 Å². The van der Waals surface area contributed by atoms with E-state index in [1.165, 1.54) is 6.07 Å². The fourth-order valence-corrected chi connectivity index (χ4v) is 2.73. The minimum atomic E-state index is -4.34. The molecule has 0 spiro atoms. The number of rotatable bonds is 5. The largest absolute Gasteiger partial charge is 0.416 e. The van der Waals surface area contributed by atoms with Crippen molar-refractivity contribution in [2.24, 2.45) is 4.99 Å². The molecule has 0 saturated carbocycles. The number of aliphatic imine (C=N–C) groups is 1. The molecular formula is C16H20F3IN4S. The number of guanidine groups is 1. The van der Waals surface area contributed by atoms with E-state index in [1.807, 2.05) is 13.8 Å². The summed E-state index contributed by atoms with van der Waals surface area (Å²) in [5, 5.41) is 7.13. The molecule has 1 aromatic heterocycles. The molecule has 2 rings (SSSR count). The van der Waals surface area contributed by atoms with E-state index in [0.29, 0.717) is 24.6 Å². The fraction of sp³-hybridized carbons (Fsp3) is 0.375. The highest BCUT2D eigenvalue weighted by Crippen LogP contribution is 2.29. The molecule has 0 aliphatic carbocycles. The van der Waals surface area contributed by atoms with E-state index in [0.717, 1.165) is 22.0 Å². The summed E-state index contributed by atoms with van der Waals surface area (Å²) < 4.78 is 38.2. The minimum absolute atomic E-state index is 0. The summed E-state index contributed by atoms with van der Waals surface area (Å²) in [6.45, 7) is 5.25. The van der Waals surface area contributed by atoms with E-state index in [4.69, 9.17) is 0 Å². The van der Waals surface area contributed by atoms with Gasteiger partial charge in [-0.25, -0.2) is 9.98 Å². The van der Waals surface area contributed by atoms with Crippen molar-refractivity contribution < 1.29 is 13.2 Å². The van der Waals surface area contributed by atoms with Crippen LogP contribution in [0.2, 0.25) is 0 Å². The van der Waals surface area contributed by atoms with Crippen LogP contribution < -0.4 is 10.6 Å². The summed E-state index contributed by atoms with van der Waals surface area (Å²) in [5.41, 5.74) is -0.154. The molecule has 2 N–H and O–H groups in total. The topological polar surface area (TPSA) is 49.3 Å². The van der Waals surface area contributed by atoms with Crippen LogP contribution in [0.3, 0.4) is 0 Å². The fourth-order valence-electron chi connectivity index (χ4n) is 2.00. The van der Waals surface area contributed by atoms with Gasteiger partial charge < -0.3 is 10.6 Å². The highest BCUT2D eigenvalue weighted by atomic mass is 127. The number of benzene rings is 1. The first-order valence-electron chi connectivity index (χ1n) is 7.48. The van der Waals surface area contributed by atoms with Gasteiger partial charge in [0.2, 0.25) is 0 Å². The number of nitrogens with one attached hydrogen (secondary N) is 2. The summed E-state index contributed by atoms with van der Waals surface area (Å²) in [6.07, 6.45) is -2.54. The number of aromatic nitrogens is 1. The minimum Gasteiger partial charge on any atom is -0.357 e. The van der Waals surface area contributed by atoms with Crippen LogP contribution in [-0.2, 0) is 19.3 Å². The van der Waals surface area contributed by atoms with Gasteiger partial charge in [0.1, 0.15) is 5.01 Å². The number of hydrogen-bond acceptors (Lipinski definition) is 3. The van der Waals surface area contributed by atoms with Crippen LogP contribution in [0.5, 0.6) is 0 Å². The summed E-state index contributed by atoms with van der Waals surface area (Å²) in [7, 11) is 0. The molecule has 0 amide bonds. The van der Waals surface area contributed by atoms with Crippen molar-refractivity contribution in [2.75, 3.05) is 6.54 Å². The monoisotopic (exact) mass is 484 g/mol. The van der Waals surface area contributed by atoms with Gasteiger partial charge in [-0.1, -0.05) is 12.1 Å². The van der Waals surface area contributed by atoms with Gasteiger partial charge in [0.05, 0.1) is 18.7 Å². The van der Waals surface area contributed by atoms with Crippen molar-refractivity contribution in [1.82, 2.24) is 15.6 Å². The molecular weight excluding hydrogens is 464 g/mol. The van der Waals surface area contributed by atoms with Gasteiger partial charge in [0.25, 0.3) is 0 Å². The first-order valence-corrected chi connectivity index (χ1v) is 8.29. The molecule has 0 saturated heterocycles. The van der Waals surface area contributed by atoms with Gasteiger partial charge >= 0.3 is 6.18 Å². The van der Waals surface area contributed by atoms with E-state index >= 15 is 0 Å². The maximum absolute atomic E-state index is 12.7. The first-order chi connectivity index (χ1) is 11.4. The molecule has 4 nitrogen and oxygen atoms in total. The lowest BCUT2D eigenvalue weighted by Crippen LogP contribution is -2.36. The predicted molar refractivity (Wildman–Crippen MR) is 105 cm³/mol. The summed E-state index contributed by atoms with van der Waals surface area (Å²) in [5.74, 6) is 0.544. The van der Waals surface area contributed by atoms with Crippen molar-refractivity contribution in [2.45, 2.75) is 33.1 Å². The van der Waals surface area contributed by atoms with Crippen LogP contribution in [0.4, 0.5) is 13.2 Å². The molecule has 2 aromatic rings. The Morgan fingerprint density at radius 2 is 2.04 bits per heavy atom. The van der Waals surface area contributed by atoms with Crippen molar-refractivity contribution in [3.05, 3.63) is 51.5 Å². The lowest BCUT2D eigenvalue weighted by atomic mass is 10.1. The third kappa shape index (κ3) is 7.18. The van der Waals surface area contributed by atoms with E-state index < -0.39 is 11.7 Å². The molecule has 0 unspecified atom stereocenters. The zero-order valence-corrected chi connectivity index (χ0v) is 17.0. The average Bonchev–Trinajstić information content (AvgIpc) is 2.95. The zero-order valence-electron chi connectivity index (χ0n) is 13.9. The van der Waals surface area contributed by atoms with Gasteiger partial charge in [-0.2, -0.15) is 13.2 Å². The van der Waals surface area contributed by atoms with Crippen LogP contribution in [0, 0.1) is 6.92 Å². The SMILES string of the molecule is CCNC(=NCc1cccc(C(F)(F)F)c1)NCc1ncc(C)s1.I. The molecule has 1 aromatic carbocycles. The van der Waals surface area contributed by atoms with Crippen molar-refractivity contribution in [3.63, 3.8) is 0 Å². The predicted octanol–water partition coefficient (Wildman–Crippen LogP) is 4.34. The Balaban J connectivity index is 0.00000312. The number of thiazole rings is 1. The Morgan fingerprint density at radius 3 is 2.64 bits per heavy atom. The summed E-state index contributed by atoms with van der Waals surface area (Å²) >= 11 is 1.59. The lowest BCUT2D eigenvalue weighted by Gasteiger charge is -2.11. The smallest absolute Gasteiger partial charge is 0.357 e. The number of aryl methyl sites for hydroxylation is 1. The Kier molecular flexibility index (Phi) is 8.63. The second kappa shape index (κ2) is 9.95. The van der Waals surface area contributed by atoms with Crippen molar-refractivity contribution in [3.8, 4) is 0 Å². The number of hydrogen-bond donors (Lipinski definition) is 2. The quantitative estimate of drug-likeness (QED) is 0.377. The molecule has 0 aliphatic rings. The van der Waals surface area contributed by atoms with E-state index in [1.54, 1.807) is 23.6 Å². The normalized spacial score (nSPS) is 11.8. The van der Waals surface area contributed by atoms with E-state index in [9.17, 15) is 13.2 Å². The second-order valence-corrected chi connectivity index (χ2v) is 6.43. The molecule has 0 bridgehead atoms. The second-order valence-electron chi connectivity index (χ2n) is 5.11. The molecule has 0 aliphatic heterocycles. The first kappa shape index (κ1) is 21.7. The number of halogens is 4. The van der Waals surface area contributed by atoms with Crippen LogP contribution in [0.1, 0.15) is 27.9 Å². The Morgan fingerprint density at radius 1 is 1.28 bits per heavy atom. The Bertz CT molecular complexity index is 701. The molecule has 25 heavy (non-hydrogen) atoms. The molecule has 1 heterocycles. The number of nitrogens with zero attached hydrogens (tertiary/aromatic N) is 2. The zero-order chi connectivity index (χ0) is 17.6. The molecule has 9 heteroatoms.